The van der Waals surface area contributed by atoms with Crippen LogP contribution in [0.15, 0.2) is 42.7 Å². The zero-order chi connectivity index (χ0) is 17.1. The van der Waals surface area contributed by atoms with Gasteiger partial charge in [-0.3, -0.25) is 4.90 Å². The van der Waals surface area contributed by atoms with Gasteiger partial charge in [0.25, 0.3) is 0 Å². The van der Waals surface area contributed by atoms with Crippen molar-refractivity contribution in [3.63, 3.8) is 0 Å². The van der Waals surface area contributed by atoms with E-state index in [0.29, 0.717) is 17.7 Å². The van der Waals surface area contributed by atoms with Crippen molar-refractivity contribution >= 4 is 5.82 Å². The highest BCUT2D eigenvalue weighted by atomic mass is 15.2. The standard InChI is InChI=1S/C20H23N5/c21-11-18-12-23-20(13-22-18)25-10-8-19-17(15-25)7-4-9-24(19)14-16-5-2-1-3-6-16/h1-3,5-6,12-13,17,19H,4,7-10,14-15H2/t17-,19+/m0/s1. The largest absolute Gasteiger partial charge is 0.355 e. The Morgan fingerprint density at radius 3 is 2.72 bits per heavy atom. The molecule has 5 nitrogen and oxygen atoms in total. The van der Waals surface area contributed by atoms with Crippen molar-refractivity contribution in [2.24, 2.45) is 5.92 Å². The minimum atomic E-state index is 0.380. The van der Waals surface area contributed by atoms with E-state index in [1.165, 1.54) is 31.4 Å². The fraction of sp³-hybridized carbons (Fsp3) is 0.450. The molecule has 4 rings (SSSR count). The Balaban J connectivity index is 1.44. The number of rotatable bonds is 3. The summed E-state index contributed by atoms with van der Waals surface area (Å²) in [5, 5.41) is 8.87. The second kappa shape index (κ2) is 7.20. The number of piperidine rings is 2. The Bertz CT molecular complexity index is 737. The van der Waals surface area contributed by atoms with E-state index in [1.54, 1.807) is 12.4 Å². The fourth-order valence-corrected chi connectivity index (χ4v) is 4.27. The summed E-state index contributed by atoms with van der Waals surface area (Å²) >= 11 is 0. The molecule has 1 aromatic carbocycles. The molecule has 25 heavy (non-hydrogen) atoms. The van der Waals surface area contributed by atoms with Crippen LogP contribution in [-0.2, 0) is 6.54 Å². The van der Waals surface area contributed by atoms with Crippen LogP contribution < -0.4 is 4.90 Å². The normalized spacial score (nSPS) is 23.7. The maximum Gasteiger partial charge on any atom is 0.158 e. The molecule has 1 aromatic heterocycles. The van der Waals surface area contributed by atoms with Crippen LogP contribution in [0.5, 0.6) is 0 Å². The monoisotopic (exact) mass is 333 g/mol. The Morgan fingerprint density at radius 2 is 1.96 bits per heavy atom. The van der Waals surface area contributed by atoms with Gasteiger partial charge < -0.3 is 4.90 Å². The number of hydrogen-bond donors (Lipinski definition) is 0. The quantitative estimate of drug-likeness (QED) is 0.864. The third-order valence-corrected chi connectivity index (χ3v) is 5.49. The Labute approximate surface area is 148 Å². The SMILES string of the molecule is N#Cc1cnc(N2CC[C@@H]3[C@@H](CCCN3Cc3ccccc3)C2)cn1. The lowest BCUT2D eigenvalue weighted by Gasteiger charge is -2.47. The number of likely N-dealkylation sites (tertiary alicyclic amines) is 1. The highest BCUT2D eigenvalue weighted by molar-refractivity contribution is 5.38. The summed E-state index contributed by atoms with van der Waals surface area (Å²) in [4.78, 5) is 13.6. The predicted molar refractivity (Wildman–Crippen MR) is 96.9 cm³/mol. The second-order valence-electron chi connectivity index (χ2n) is 7.03. The summed E-state index contributed by atoms with van der Waals surface area (Å²) in [5.74, 6) is 1.58. The number of nitrogens with zero attached hydrogens (tertiary/aromatic N) is 5. The number of nitriles is 1. The van der Waals surface area contributed by atoms with Gasteiger partial charge in [0.2, 0.25) is 0 Å². The molecule has 0 unspecified atom stereocenters. The van der Waals surface area contributed by atoms with Crippen LogP contribution in [0.1, 0.15) is 30.5 Å². The van der Waals surface area contributed by atoms with Crippen molar-refractivity contribution in [1.82, 2.24) is 14.9 Å². The van der Waals surface area contributed by atoms with Crippen molar-refractivity contribution < 1.29 is 0 Å². The number of hydrogen-bond acceptors (Lipinski definition) is 5. The van der Waals surface area contributed by atoms with Crippen LogP contribution in [0.2, 0.25) is 0 Å². The summed E-state index contributed by atoms with van der Waals surface area (Å²) < 4.78 is 0. The van der Waals surface area contributed by atoms with E-state index in [1.807, 2.05) is 6.07 Å². The van der Waals surface area contributed by atoms with Crippen molar-refractivity contribution in [2.75, 3.05) is 24.5 Å². The summed E-state index contributed by atoms with van der Waals surface area (Å²) in [5.41, 5.74) is 1.79. The second-order valence-corrected chi connectivity index (χ2v) is 7.03. The zero-order valence-corrected chi connectivity index (χ0v) is 14.4. The molecule has 128 valence electrons. The fourth-order valence-electron chi connectivity index (χ4n) is 4.27. The molecule has 0 aliphatic carbocycles. The summed E-state index contributed by atoms with van der Waals surface area (Å²) in [7, 11) is 0. The summed E-state index contributed by atoms with van der Waals surface area (Å²) in [6.45, 7) is 4.30. The number of anilines is 1. The minimum absolute atomic E-state index is 0.380. The van der Waals surface area contributed by atoms with Gasteiger partial charge in [0.05, 0.1) is 12.4 Å². The van der Waals surface area contributed by atoms with Gasteiger partial charge in [0, 0.05) is 25.7 Å². The van der Waals surface area contributed by atoms with Gasteiger partial charge in [0.1, 0.15) is 11.9 Å². The molecule has 0 bridgehead atoms. The van der Waals surface area contributed by atoms with Gasteiger partial charge in [0.15, 0.2) is 5.69 Å². The van der Waals surface area contributed by atoms with E-state index in [9.17, 15) is 0 Å². The van der Waals surface area contributed by atoms with Gasteiger partial charge >= 0.3 is 0 Å². The molecule has 2 aliphatic heterocycles. The lowest BCUT2D eigenvalue weighted by atomic mass is 9.83. The molecule has 0 N–H and O–H groups in total. The Kier molecular flexibility index (Phi) is 4.62. The van der Waals surface area contributed by atoms with Crippen LogP contribution in [0.4, 0.5) is 5.82 Å². The van der Waals surface area contributed by atoms with Crippen molar-refractivity contribution in [1.29, 1.82) is 5.26 Å². The Hall–Kier alpha value is -2.45. The van der Waals surface area contributed by atoms with Crippen molar-refractivity contribution in [3.8, 4) is 6.07 Å². The van der Waals surface area contributed by atoms with Crippen molar-refractivity contribution in [3.05, 3.63) is 54.0 Å². The molecular formula is C20H23N5. The van der Waals surface area contributed by atoms with E-state index in [0.717, 1.165) is 25.5 Å². The lowest BCUT2D eigenvalue weighted by molar-refractivity contribution is 0.0700. The first-order valence-electron chi connectivity index (χ1n) is 9.08. The molecule has 0 amide bonds. The lowest BCUT2D eigenvalue weighted by Crippen LogP contribution is -2.53. The molecular weight excluding hydrogens is 310 g/mol. The molecule has 2 saturated heterocycles. The van der Waals surface area contributed by atoms with Crippen LogP contribution in [0, 0.1) is 17.2 Å². The Morgan fingerprint density at radius 1 is 1.08 bits per heavy atom. The highest BCUT2D eigenvalue weighted by Gasteiger charge is 2.36. The first-order chi connectivity index (χ1) is 12.3. The maximum absolute atomic E-state index is 8.87. The van der Waals surface area contributed by atoms with E-state index >= 15 is 0 Å². The van der Waals surface area contributed by atoms with Crippen LogP contribution in [0.25, 0.3) is 0 Å². The third-order valence-electron chi connectivity index (χ3n) is 5.49. The molecule has 5 heteroatoms. The van der Waals surface area contributed by atoms with E-state index < -0.39 is 0 Å². The smallest absolute Gasteiger partial charge is 0.158 e. The van der Waals surface area contributed by atoms with Gasteiger partial charge in [-0.25, -0.2) is 9.97 Å². The van der Waals surface area contributed by atoms with E-state index in [4.69, 9.17) is 5.26 Å². The van der Waals surface area contributed by atoms with E-state index in [2.05, 4.69) is 50.1 Å². The van der Waals surface area contributed by atoms with Gasteiger partial charge in [-0.2, -0.15) is 5.26 Å². The van der Waals surface area contributed by atoms with Crippen LogP contribution in [0.3, 0.4) is 0 Å². The maximum atomic E-state index is 8.87. The van der Waals surface area contributed by atoms with Crippen molar-refractivity contribution in [2.45, 2.75) is 31.8 Å². The molecule has 3 heterocycles. The third kappa shape index (κ3) is 3.49. The summed E-state index contributed by atoms with van der Waals surface area (Å²) in [6.07, 6.45) is 7.03. The topological polar surface area (TPSA) is 56.1 Å². The van der Waals surface area contributed by atoms with Gasteiger partial charge in [-0.05, 0) is 37.3 Å². The first-order valence-corrected chi connectivity index (χ1v) is 9.08. The number of aromatic nitrogens is 2. The first kappa shape index (κ1) is 16.0. The number of benzene rings is 1. The van der Waals surface area contributed by atoms with Crippen LogP contribution in [-0.4, -0.2) is 40.5 Å². The zero-order valence-electron chi connectivity index (χ0n) is 14.4. The van der Waals surface area contributed by atoms with Gasteiger partial charge in [-0.1, -0.05) is 30.3 Å². The summed E-state index contributed by atoms with van der Waals surface area (Å²) in [6, 6.07) is 13.5. The van der Waals surface area contributed by atoms with E-state index in [-0.39, 0.29) is 0 Å². The molecule has 2 aliphatic rings. The molecule has 0 saturated carbocycles. The molecule has 0 spiro atoms. The molecule has 2 fully saturated rings. The predicted octanol–water partition coefficient (Wildman–Crippen LogP) is 2.84. The molecule has 2 aromatic rings. The highest BCUT2D eigenvalue weighted by Crippen LogP contribution is 2.33. The average Bonchev–Trinajstić information content (AvgIpc) is 2.69. The molecule has 0 radical (unpaired) electrons. The number of fused-ring (bicyclic) bond motifs is 1. The molecule has 2 atom stereocenters. The van der Waals surface area contributed by atoms with Crippen LogP contribution >= 0.6 is 0 Å². The van der Waals surface area contributed by atoms with Gasteiger partial charge in [-0.15, -0.1) is 0 Å². The average molecular weight is 333 g/mol. The minimum Gasteiger partial charge on any atom is -0.355 e.